The summed E-state index contributed by atoms with van der Waals surface area (Å²) >= 11 is 4.89. The summed E-state index contributed by atoms with van der Waals surface area (Å²) in [4.78, 5) is 15.1. The molecule has 2 heterocycles. The van der Waals surface area contributed by atoms with E-state index in [1.807, 2.05) is 29.2 Å². The molecule has 0 aliphatic carbocycles. The summed E-state index contributed by atoms with van der Waals surface area (Å²) < 4.78 is 5.30. The summed E-state index contributed by atoms with van der Waals surface area (Å²) in [7, 11) is 0. The molecule has 0 spiro atoms. The van der Waals surface area contributed by atoms with Gasteiger partial charge in [0.05, 0.1) is 0 Å². The van der Waals surface area contributed by atoms with Gasteiger partial charge in [0.15, 0.2) is 0 Å². The van der Waals surface area contributed by atoms with E-state index in [-0.39, 0.29) is 10.7 Å². The quantitative estimate of drug-likeness (QED) is 0.790. The van der Waals surface area contributed by atoms with Gasteiger partial charge in [0.25, 0.3) is 10.7 Å². The van der Waals surface area contributed by atoms with Crippen molar-refractivity contribution in [2.24, 2.45) is 11.3 Å². The van der Waals surface area contributed by atoms with Gasteiger partial charge in [-0.1, -0.05) is 20.8 Å². The molecule has 2 aromatic rings. The Morgan fingerprint density at radius 1 is 1.24 bits per heavy atom. The zero-order valence-electron chi connectivity index (χ0n) is 15.0. The zero-order chi connectivity index (χ0) is 18.0. The molecule has 25 heavy (non-hydrogen) atoms. The molecule has 1 saturated heterocycles. The Labute approximate surface area is 153 Å². The number of likely N-dealkylation sites (tertiary alicyclic amines) is 1. The number of carbonyl (C=O) groups excluding carboxylic acids is 1. The van der Waals surface area contributed by atoms with Crippen LogP contribution in [0, 0.1) is 16.2 Å². The first-order valence-electron chi connectivity index (χ1n) is 8.80. The zero-order valence-corrected chi connectivity index (χ0v) is 15.9. The van der Waals surface area contributed by atoms with E-state index in [4.69, 9.17) is 16.6 Å². The fraction of sp³-hybridized carbons (Fsp3) is 0.526. The van der Waals surface area contributed by atoms with Crippen LogP contribution in [0.15, 0.2) is 28.7 Å². The van der Waals surface area contributed by atoms with Crippen molar-refractivity contribution in [2.75, 3.05) is 13.1 Å². The Hall–Kier alpha value is -1.95. The lowest BCUT2D eigenvalue weighted by Crippen LogP contribution is -2.32. The third-order valence-electron chi connectivity index (χ3n) is 5.06. The second-order valence-corrected chi connectivity index (χ2v) is 8.15. The number of rotatable bonds is 2. The van der Waals surface area contributed by atoms with Crippen LogP contribution in [-0.2, 0) is 0 Å². The molecule has 1 aromatic carbocycles. The molecule has 134 valence electrons. The van der Waals surface area contributed by atoms with Crippen molar-refractivity contribution in [3.63, 3.8) is 0 Å². The van der Waals surface area contributed by atoms with Gasteiger partial charge in [-0.15, -0.1) is 5.10 Å². The molecule has 0 radical (unpaired) electrons. The predicted octanol–water partition coefficient (Wildman–Crippen LogP) is 4.69. The van der Waals surface area contributed by atoms with E-state index in [0.29, 0.717) is 22.8 Å². The molecule has 1 atom stereocenters. The highest BCUT2D eigenvalue weighted by Gasteiger charge is 2.28. The van der Waals surface area contributed by atoms with Crippen LogP contribution in [0.2, 0.25) is 0 Å². The van der Waals surface area contributed by atoms with Crippen molar-refractivity contribution in [1.82, 2.24) is 15.1 Å². The number of carbonyl (C=O) groups is 1. The van der Waals surface area contributed by atoms with E-state index in [1.165, 1.54) is 6.42 Å². The second kappa shape index (κ2) is 7.12. The molecule has 1 aliphatic heterocycles. The molecule has 0 bridgehead atoms. The summed E-state index contributed by atoms with van der Waals surface area (Å²) in [5, 5.41) is 6.61. The fourth-order valence-corrected chi connectivity index (χ4v) is 3.58. The summed E-state index contributed by atoms with van der Waals surface area (Å²) in [6.45, 7) is 8.55. The largest absolute Gasteiger partial charge is 0.409 e. The Morgan fingerprint density at radius 3 is 2.56 bits per heavy atom. The van der Waals surface area contributed by atoms with Gasteiger partial charge in [-0.2, -0.15) is 0 Å². The molecule has 1 amide bonds. The first-order valence-corrected chi connectivity index (χ1v) is 9.20. The topological polar surface area (TPSA) is 62.1 Å². The van der Waals surface area contributed by atoms with Crippen LogP contribution in [0.3, 0.4) is 0 Å². The molecule has 0 unspecified atom stereocenters. The standard InChI is InChI=1S/C19H25N3O2S/c1-19(2,3)15-5-4-11-22(12-10-15)17(23)14-8-6-13(7-9-14)16-20-21-18(25)24-16/h6-9,15H,4-5,10-12H2,1-3H3,(H,21,25)/t15-/m1/s1. The molecule has 1 N–H and O–H groups in total. The average molecular weight is 359 g/mol. The number of aromatic amines is 1. The summed E-state index contributed by atoms with van der Waals surface area (Å²) in [6, 6.07) is 7.35. The molecule has 0 saturated carbocycles. The van der Waals surface area contributed by atoms with Gasteiger partial charge in [0.1, 0.15) is 0 Å². The lowest BCUT2D eigenvalue weighted by Gasteiger charge is -2.29. The maximum Gasteiger partial charge on any atom is 0.284 e. The van der Waals surface area contributed by atoms with E-state index in [2.05, 4.69) is 31.0 Å². The van der Waals surface area contributed by atoms with Crippen LogP contribution < -0.4 is 0 Å². The van der Waals surface area contributed by atoms with Crippen LogP contribution >= 0.6 is 12.2 Å². The Bertz CT molecular complexity index is 786. The van der Waals surface area contributed by atoms with Crippen molar-refractivity contribution in [2.45, 2.75) is 40.0 Å². The van der Waals surface area contributed by atoms with Crippen molar-refractivity contribution in [1.29, 1.82) is 0 Å². The summed E-state index contributed by atoms with van der Waals surface area (Å²) in [6.07, 6.45) is 3.33. The third-order valence-corrected chi connectivity index (χ3v) is 5.23. The van der Waals surface area contributed by atoms with Gasteiger partial charge in [-0.25, -0.2) is 5.10 Å². The minimum Gasteiger partial charge on any atom is -0.409 e. The van der Waals surface area contributed by atoms with Gasteiger partial charge in [0.2, 0.25) is 5.89 Å². The number of benzene rings is 1. The van der Waals surface area contributed by atoms with Gasteiger partial charge < -0.3 is 9.32 Å². The first-order chi connectivity index (χ1) is 11.8. The van der Waals surface area contributed by atoms with Crippen molar-refractivity contribution < 1.29 is 9.21 Å². The number of nitrogens with one attached hydrogen (secondary N) is 1. The minimum absolute atomic E-state index is 0.101. The van der Waals surface area contributed by atoms with Crippen LogP contribution in [-0.4, -0.2) is 34.1 Å². The van der Waals surface area contributed by atoms with Gasteiger partial charge in [-0.05, 0) is 67.1 Å². The van der Waals surface area contributed by atoms with Crippen molar-refractivity contribution in [3.05, 3.63) is 34.7 Å². The van der Waals surface area contributed by atoms with Crippen molar-refractivity contribution >= 4 is 18.1 Å². The number of hydrogen-bond donors (Lipinski definition) is 1. The Kier molecular flexibility index (Phi) is 5.08. The number of H-pyrrole nitrogens is 1. The van der Waals surface area contributed by atoms with Crippen molar-refractivity contribution in [3.8, 4) is 11.5 Å². The van der Waals surface area contributed by atoms with E-state index < -0.39 is 0 Å². The predicted molar refractivity (Wildman–Crippen MR) is 99.8 cm³/mol. The second-order valence-electron chi connectivity index (χ2n) is 7.78. The van der Waals surface area contributed by atoms with Crippen LogP contribution in [0.5, 0.6) is 0 Å². The molecule has 1 aromatic heterocycles. The number of amides is 1. The first kappa shape index (κ1) is 17.9. The fourth-order valence-electron chi connectivity index (χ4n) is 3.46. The molecule has 5 nitrogen and oxygen atoms in total. The lowest BCUT2D eigenvalue weighted by atomic mass is 9.77. The number of nitrogens with zero attached hydrogens (tertiary/aromatic N) is 2. The van der Waals surface area contributed by atoms with E-state index in [0.717, 1.165) is 31.5 Å². The van der Waals surface area contributed by atoms with E-state index >= 15 is 0 Å². The SMILES string of the molecule is CC(C)(C)[C@@H]1CCCN(C(=O)c2ccc(-c3n[nH]c(=S)o3)cc2)CC1. The maximum atomic E-state index is 12.8. The Balaban J connectivity index is 1.69. The summed E-state index contributed by atoms with van der Waals surface area (Å²) in [5.74, 6) is 1.21. The minimum atomic E-state index is 0.101. The van der Waals surface area contributed by atoms with Gasteiger partial charge >= 0.3 is 0 Å². The molecular formula is C19H25N3O2S. The molecule has 1 fully saturated rings. The number of hydrogen-bond acceptors (Lipinski definition) is 4. The normalized spacial score (nSPS) is 18.8. The monoisotopic (exact) mass is 359 g/mol. The highest BCUT2D eigenvalue weighted by molar-refractivity contribution is 7.71. The molecule has 1 aliphatic rings. The van der Waals surface area contributed by atoms with Crippen LogP contribution in [0.25, 0.3) is 11.5 Å². The Morgan fingerprint density at radius 2 is 1.96 bits per heavy atom. The van der Waals surface area contributed by atoms with Crippen LogP contribution in [0.4, 0.5) is 0 Å². The number of aromatic nitrogens is 2. The van der Waals surface area contributed by atoms with Gasteiger partial charge in [0, 0.05) is 24.2 Å². The van der Waals surface area contributed by atoms with Crippen LogP contribution in [0.1, 0.15) is 50.4 Å². The molecular weight excluding hydrogens is 334 g/mol. The highest BCUT2D eigenvalue weighted by atomic mass is 32.1. The summed E-state index contributed by atoms with van der Waals surface area (Å²) in [5.41, 5.74) is 1.80. The third kappa shape index (κ3) is 4.18. The van der Waals surface area contributed by atoms with E-state index in [1.54, 1.807) is 0 Å². The van der Waals surface area contributed by atoms with E-state index in [9.17, 15) is 4.79 Å². The molecule has 6 heteroatoms. The molecule has 3 rings (SSSR count). The van der Waals surface area contributed by atoms with Gasteiger partial charge in [-0.3, -0.25) is 4.79 Å². The average Bonchev–Trinajstić information content (AvgIpc) is 2.85. The lowest BCUT2D eigenvalue weighted by molar-refractivity contribution is 0.0755. The maximum absolute atomic E-state index is 12.8. The smallest absolute Gasteiger partial charge is 0.284 e. The highest BCUT2D eigenvalue weighted by Crippen LogP contribution is 2.34.